The number of pyridine rings is 1. The van der Waals surface area contributed by atoms with Crippen LogP contribution in [0.5, 0.6) is 0 Å². The number of rotatable bonds is 6. The Hall–Kier alpha value is -3.59. The van der Waals surface area contributed by atoms with E-state index in [2.05, 4.69) is 20.5 Å². The number of aryl methyl sites for hydroxylation is 1. The molecule has 158 valence electrons. The largest absolute Gasteiger partial charge is 0.383 e. The molecule has 1 aliphatic rings. The third kappa shape index (κ3) is 3.57. The predicted molar refractivity (Wildman–Crippen MR) is 113 cm³/mol. The van der Waals surface area contributed by atoms with Crippen molar-refractivity contribution in [2.24, 2.45) is 0 Å². The van der Waals surface area contributed by atoms with E-state index in [4.69, 9.17) is 4.74 Å². The summed E-state index contributed by atoms with van der Waals surface area (Å²) in [5.41, 5.74) is 1.34. The quantitative estimate of drug-likeness (QED) is 0.517. The summed E-state index contributed by atoms with van der Waals surface area (Å²) in [4.78, 5) is 17.4. The third-order valence-corrected chi connectivity index (χ3v) is 5.47. The zero-order chi connectivity index (χ0) is 21.4. The molecule has 0 saturated carbocycles. The van der Waals surface area contributed by atoms with Crippen LogP contribution in [0.1, 0.15) is 22.6 Å². The molecule has 0 fully saturated rings. The van der Waals surface area contributed by atoms with Crippen LogP contribution in [0.4, 0.5) is 10.2 Å². The molecule has 0 bridgehead atoms. The van der Waals surface area contributed by atoms with Gasteiger partial charge >= 0.3 is 0 Å². The average Bonchev–Trinajstić information content (AvgIpc) is 3.47. The lowest BCUT2D eigenvalue weighted by molar-refractivity contribution is 0.102. The lowest BCUT2D eigenvalue weighted by Crippen LogP contribution is -2.15. The van der Waals surface area contributed by atoms with Crippen molar-refractivity contribution < 1.29 is 13.9 Å². The van der Waals surface area contributed by atoms with Gasteiger partial charge in [0.1, 0.15) is 23.2 Å². The Morgan fingerprint density at radius 1 is 1.26 bits per heavy atom. The number of carbonyl (C=O) groups is 1. The van der Waals surface area contributed by atoms with Crippen LogP contribution in [0.15, 0.2) is 42.6 Å². The van der Waals surface area contributed by atoms with Gasteiger partial charge in [0.2, 0.25) is 0 Å². The molecule has 9 heteroatoms. The predicted octanol–water partition coefficient (Wildman–Crippen LogP) is 3.28. The molecule has 0 atom stereocenters. The normalized spacial score (nSPS) is 13.0. The summed E-state index contributed by atoms with van der Waals surface area (Å²) in [6.45, 7) is 1.98. The van der Waals surface area contributed by atoms with Crippen LogP contribution in [0.25, 0.3) is 22.4 Å². The Morgan fingerprint density at radius 2 is 2.16 bits per heavy atom. The van der Waals surface area contributed by atoms with Crippen molar-refractivity contribution in [2.45, 2.75) is 25.9 Å². The van der Waals surface area contributed by atoms with Gasteiger partial charge in [0.15, 0.2) is 5.82 Å². The van der Waals surface area contributed by atoms with Crippen LogP contribution in [0.2, 0.25) is 0 Å². The van der Waals surface area contributed by atoms with Gasteiger partial charge in [-0.15, -0.1) is 10.2 Å². The summed E-state index contributed by atoms with van der Waals surface area (Å²) >= 11 is 0. The van der Waals surface area contributed by atoms with Gasteiger partial charge in [-0.05, 0) is 36.8 Å². The maximum Gasteiger partial charge on any atom is 0.259 e. The van der Waals surface area contributed by atoms with Gasteiger partial charge in [-0.25, -0.2) is 9.37 Å². The Kier molecular flexibility index (Phi) is 4.95. The fraction of sp³-hybridized carbons (Fsp3) is 0.273. The summed E-state index contributed by atoms with van der Waals surface area (Å²) in [5.74, 6) is 0.799. The Balaban J connectivity index is 1.42. The summed E-state index contributed by atoms with van der Waals surface area (Å²) in [6, 6.07) is 10.0. The van der Waals surface area contributed by atoms with Crippen molar-refractivity contribution >= 4 is 22.6 Å². The van der Waals surface area contributed by atoms with E-state index < -0.39 is 11.7 Å². The fourth-order valence-electron chi connectivity index (χ4n) is 3.92. The topological polar surface area (TPSA) is 86.9 Å². The zero-order valence-electron chi connectivity index (χ0n) is 17.0. The van der Waals surface area contributed by atoms with Crippen LogP contribution < -0.4 is 5.32 Å². The van der Waals surface area contributed by atoms with E-state index in [1.165, 1.54) is 6.07 Å². The number of ether oxygens (including phenoxy) is 1. The summed E-state index contributed by atoms with van der Waals surface area (Å²) in [5, 5.41) is 11.9. The van der Waals surface area contributed by atoms with E-state index in [0.717, 1.165) is 36.1 Å². The monoisotopic (exact) mass is 420 g/mol. The van der Waals surface area contributed by atoms with E-state index >= 15 is 0 Å². The molecule has 5 rings (SSSR count). The number of carbonyl (C=O) groups excluding carboxylic acids is 1. The highest BCUT2D eigenvalue weighted by Gasteiger charge is 2.20. The first-order valence-electron chi connectivity index (χ1n) is 10.1. The molecule has 0 spiro atoms. The van der Waals surface area contributed by atoms with Gasteiger partial charge in [0, 0.05) is 43.7 Å². The van der Waals surface area contributed by atoms with Gasteiger partial charge in [0.05, 0.1) is 12.2 Å². The number of nitrogens with one attached hydrogen (secondary N) is 1. The number of anilines is 1. The second kappa shape index (κ2) is 7.92. The molecule has 1 N–H and O–H groups in total. The minimum Gasteiger partial charge on any atom is -0.383 e. The molecule has 1 amide bonds. The highest BCUT2D eigenvalue weighted by molar-refractivity contribution is 6.06. The van der Waals surface area contributed by atoms with Crippen molar-refractivity contribution in [3.63, 3.8) is 0 Å². The van der Waals surface area contributed by atoms with Crippen molar-refractivity contribution in [2.75, 3.05) is 19.0 Å². The summed E-state index contributed by atoms with van der Waals surface area (Å²) < 4.78 is 23.7. The van der Waals surface area contributed by atoms with Crippen LogP contribution in [0, 0.1) is 5.82 Å². The molecule has 0 radical (unpaired) electrons. The second-order valence-corrected chi connectivity index (χ2v) is 7.45. The minimum atomic E-state index is -0.582. The van der Waals surface area contributed by atoms with Crippen LogP contribution in [-0.2, 0) is 24.2 Å². The number of hydrogen-bond donors (Lipinski definition) is 1. The van der Waals surface area contributed by atoms with E-state index in [0.29, 0.717) is 30.5 Å². The number of methoxy groups -OCH3 is 1. The highest BCUT2D eigenvalue weighted by Crippen LogP contribution is 2.24. The molecular formula is C22H21FN6O2. The molecule has 1 aromatic carbocycles. The molecule has 0 unspecified atom stereocenters. The molecule has 8 nitrogen and oxygen atoms in total. The SMILES string of the molecule is COCCn1ccc2cc(F)c(C(=O)Nc3cccc(-c4nnc5n4CCC5)n3)cc21. The Labute approximate surface area is 177 Å². The third-order valence-electron chi connectivity index (χ3n) is 5.47. The van der Waals surface area contributed by atoms with Gasteiger partial charge < -0.3 is 19.2 Å². The second-order valence-electron chi connectivity index (χ2n) is 7.45. The number of benzene rings is 1. The number of nitrogens with zero attached hydrogens (tertiary/aromatic N) is 5. The number of fused-ring (bicyclic) bond motifs is 2. The van der Waals surface area contributed by atoms with Gasteiger partial charge in [-0.1, -0.05) is 6.07 Å². The first-order chi connectivity index (χ1) is 15.1. The molecule has 0 aliphatic carbocycles. The molecule has 31 heavy (non-hydrogen) atoms. The van der Waals surface area contributed by atoms with Crippen LogP contribution in [-0.4, -0.2) is 43.9 Å². The maximum atomic E-state index is 14.6. The number of amides is 1. The lowest BCUT2D eigenvalue weighted by Gasteiger charge is -2.09. The summed E-state index contributed by atoms with van der Waals surface area (Å²) in [6.07, 6.45) is 3.78. The van der Waals surface area contributed by atoms with E-state index in [1.54, 1.807) is 25.3 Å². The number of halogens is 1. The van der Waals surface area contributed by atoms with E-state index in [-0.39, 0.29) is 5.56 Å². The van der Waals surface area contributed by atoms with Crippen LogP contribution in [0.3, 0.4) is 0 Å². The molecule has 0 saturated heterocycles. The van der Waals surface area contributed by atoms with E-state index in [1.807, 2.05) is 27.5 Å². The smallest absolute Gasteiger partial charge is 0.259 e. The highest BCUT2D eigenvalue weighted by atomic mass is 19.1. The Bertz CT molecular complexity index is 1280. The molecule has 4 heterocycles. The number of hydrogen-bond acceptors (Lipinski definition) is 5. The molecule has 1 aliphatic heterocycles. The van der Waals surface area contributed by atoms with Gasteiger partial charge in [-0.2, -0.15) is 0 Å². The first kappa shape index (κ1) is 19.4. The lowest BCUT2D eigenvalue weighted by atomic mass is 10.1. The van der Waals surface area contributed by atoms with Crippen LogP contribution >= 0.6 is 0 Å². The Morgan fingerprint density at radius 3 is 3.03 bits per heavy atom. The minimum absolute atomic E-state index is 0.0413. The fourth-order valence-corrected chi connectivity index (χ4v) is 3.92. The molecular weight excluding hydrogens is 399 g/mol. The molecule has 4 aromatic rings. The standard InChI is InChI=1S/C22H21FN6O2/c1-31-11-10-28-9-7-14-12-16(23)15(13-18(14)28)22(30)25-19-5-2-4-17(24-19)21-27-26-20-6-3-8-29(20)21/h2,4-5,7,9,12-13H,3,6,8,10-11H2,1H3,(H,24,25,30). The maximum absolute atomic E-state index is 14.6. The zero-order valence-corrected chi connectivity index (χ0v) is 17.0. The van der Waals surface area contributed by atoms with E-state index in [9.17, 15) is 9.18 Å². The van der Waals surface area contributed by atoms with Crippen molar-refractivity contribution in [1.82, 2.24) is 24.3 Å². The van der Waals surface area contributed by atoms with Gasteiger partial charge in [0.25, 0.3) is 5.91 Å². The van der Waals surface area contributed by atoms with Crippen molar-refractivity contribution in [3.05, 3.63) is 59.8 Å². The summed E-state index contributed by atoms with van der Waals surface area (Å²) in [7, 11) is 1.62. The first-order valence-corrected chi connectivity index (χ1v) is 10.1. The molecule has 3 aromatic heterocycles. The van der Waals surface area contributed by atoms with Gasteiger partial charge in [-0.3, -0.25) is 4.79 Å². The average molecular weight is 420 g/mol. The number of aromatic nitrogens is 5. The van der Waals surface area contributed by atoms with Crippen molar-refractivity contribution in [3.8, 4) is 11.5 Å². The van der Waals surface area contributed by atoms with Crippen molar-refractivity contribution in [1.29, 1.82) is 0 Å².